The van der Waals surface area contributed by atoms with Gasteiger partial charge in [-0.05, 0) is 31.2 Å². The first kappa shape index (κ1) is 19.6. The van der Waals surface area contributed by atoms with Crippen LogP contribution < -0.4 is 21.5 Å². The molecule has 0 radical (unpaired) electrons. The van der Waals surface area contributed by atoms with E-state index in [4.69, 9.17) is 0 Å². The van der Waals surface area contributed by atoms with Crippen LogP contribution in [0, 0.1) is 0 Å². The van der Waals surface area contributed by atoms with Crippen molar-refractivity contribution < 1.29 is 9.59 Å². The zero-order valence-electron chi connectivity index (χ0n) is 12.4. The topological polar surface area (TPSA) is 82.3 Å². The highest BCUT2D eigenvalue weighted by atomic mass is 79.9. The summed E-state index contributed by atoms with van der Waals surface area (Å²) in [4.78, 5) is 23.3. The Morgan fingerprint density at radius 2 is 1.81 bits per heavy atom. The van der Waals surface area contributed by atoms with Gasteiger partial charge in [-0.15, -0.1) is 17.0 Å². The molecular weight excluding hydrogens is 336 g/mol. The van der Waals surface area contributed by atoms with Gasteiger partial charge < -0.3 is 5.32 Å². The van der Waals surface area contributed by atoms with Crippen molar-refractivity contribution in [3.05, 3.63) is 35.4 Å². The van der Waals surface area contributed by atoms with Crippen LogP contribution in [0.5, 0.6) is 0 Å². The Morgan fingerprint density at radius 3 is 2.38 bits per heavy atom. The average molecular weight is 359 g/mol. The van der Waals surface area contributed by atoms with Gasteiger partial charge in [0.25, 0.3) is 5.91 Å². The number of unbranched alkanes of at least 4 members (excludes halogenated alkanes) is 1. The van der Waals surface area contributed by atoms with Gasteiger partial charge in [0.1, 0.15) is 0 Å². The maximum atomic E-state index is 11.8. The SMILES string of the molecule is Br.CCCCNC(=O)NC(=O)c1ccc(CNNC)cc1. The molecule has 118 valence electrons. The van der Waals surface area contributed by atoms with Crippen LogP contribution in [0.4, 0.5) is 4.79 Å². The second-order valence-electron chi connectivity index (χ2n) is 4.36. The maximum Gasteiger partial charge on any atom is 0.321 e. The smallest absolute Gasteiger partial charge is 0.321 e. The predicted octanol–water partition coefficient (Wildman–Crippen LogP) is 1.73. The third-order valence-electron chi connectivity index (χ3n) is 2.73. The van der Waals surface area contributed by atoms with Crippen molar-refractivity contribution in [3.63, 3.8) is 0 Å². The van der Waals surface area contributed by atoms with Crippen LogP contribution in [0.3, 0.4) is 0 Å². The van der Waals surface area contributed by atoms with Crippen molar-refractivity contribution >= 4 is 28.9 Å². The van der Waals surface area contributed by atoms with Crippen LogP contribution in [-0.4, -0.2) is 25.5 Å². The molecule has 0 bridgehead atoms. The van der Waals surface area contributed by atoms with Crippen LogP contribution >= 0.6 is 17.0 Å². The van der Waals surface area contributed by atoms with Crippen molar-refractivity contribution in [1.82, 2.24) is 21.5 Å². The number of carbonyl (C=O) groups excluding carboxylic acids is 2. The third-order valence-corrected chi connectivity index (χ3v) is 2.73. The Bertz CT molecular complexity index is 437. The number of halogens is 1. The summed E-state index contributed by atoms with van der Waals surface area (Å²) in [6, 6.07) is 6.62. The molecule has 0 fully saturated rings. The molecule has 0 aliphatic heterocycles. The van der Waals surface area contributed by atoms with Gasteiger partial charge >= 0.3 is 6.03 Å². The van der Waals surface area contributed by atoms with E-state index < -0.39 is 11.9 Å². The summed E-state index contributed by atoms with van der Waals surface area (Å²) in [6.45, 7) is 3.27. The number of nitrogens with one attached hydrogen (secondary N) is 4. The highest BCUT2D eigenvalue weighted by Gasteiger charge is 2.09. The van der Waals surface area contributed by atoms with Gasteiger partial charge in [-0.1, -0.05) is 25.5 Å². The molecule has 1 rings (SSSR count). The van der Waals surface area contributed by atoms with E-state index in [1.807, 2.05) is 19.1 Å². The molecule has 0 heterocycles. The summed E-state index contributed by atoms with van der Waals surface area (Å²) in [5.74, 6) is -0.396. The molecule has 0 saturated heterocycles. The minimum atomic E-state index is -0.454. The number of hydrazine groups is 1. The Morgan fingerprint density at radius 1 is 1.14 bits per heavy atom. The van der Waals surface area contributed by atoms with Crippen LogP contribution in [-0.2, 0) is 6.54 Å². The van der Waals surface area contributed by atoms with Gasteiger partial charge in [-0.2, -0.15) is 0 Å². The number of carbonyl (C=O) groups is 2. The van der Waals surface area contributed by atoms with E-state index in [2.05, 4.69) is 21.5 Å². The van der Waals surface area contributed by atoms with Gasteiger partial charge in [-0.25, -0.2) is 4.79 Å². The normalized spacial score (nSPS) is 9.62. The van der Waals surface area contributed by atoms with Crippen LogP contribution in [0.15, 0.2) is 24.3 Å². The number of rotatable bonds is 7. The monoisotopic (exact) mass is 358 g/mol. The Labute approximate surface area is 135 Å². The van der Waals surface area contributed by atoms with Gasteiger partial charge in [0, 0.05) is 18.7 Å². The summed E-state index contributed by atoms with van der Waals surface area (Å²) < 4.78 is 0. The number of amides is 3. The van der Waals surface area contributed by atoms with Crippen molar-refractivity contribution in [2.24, 2.45) is 0 Å². The Kier molecular flexibility index (Phi) is 10.5. The lowest BCUT2D eigenvalue weighted by Gasteiger charge is -2.07. The Balaban J connectivity index is 0.00000400. The lowest BCUT2D eigenvalue weighted by atomic mass is 10.1. The number of benzene rings is 1. The van der Waals surface area contributed by atoms with E-state index in [1.54, 1.807) is 19.2 Å². The molecule has 0 spiro atoms. The van der Waals surface area contributed by atoms with E-state index in [0.29, 0.717) is 18.7 Å². The van der Waals surface area contributed by atoms with Crippen LogP contribution in [0.25, 0.3) is 0 Å². The largest absolute Gasteiger partial charge is 0.338 e. The Hall–Kier alpha value is -1.44. The molecule has 6 nitrogen and oxygen atoms in total. The van der Waals surface area contributed by atoms with E-state index in [1.165, 1.54) is 0 Å². The van der Waals surface area contributed by atoms with Gasteiger partial charge in [-0.3, -0.25) is 21.0 Å². The van der Waals surface area contributed by atoms with E-state index in [-0.39, 0.29) is 17.0 Å². The quantitative estimate of drug-likeness (QED) is 0.442. The number of urea groups is 1. The lowest BCUT2D eigenvalue weighted by Crippen LogP contribution is -2.39. The number of hydrogen-bond acceptors (Lipinski definition) is 4. The third kappa shape index (κ3) is 7.79. The summed E-state index contributed by atoms with van der Waals surface area (Å²) >= 11 is 0. The van der Waals surface area contributed by atoms with Gasteiger partial charge in [0.2, 0.25) is 0 Å². The predicted molar refractivity (Wildman–Crippen MR) is 88.4 cm³/mol. The van der Waals surface area contributed by atoms with Crippen LogP contribution in [0.2, 0.25) is 0 Å². The summed E-state index contributed by atoms with van der Waals surface area (Å²) in [6.07, 6.45) is 1.89. The maximum absolute atomic E-state index is 11.8. The fraction of sp³-hybridized carbons (Fsp3) is 0.429. The highest BCUT2D eigenvalue weighted by molar-refractivity contribution is 8.93. The van der Waals surface area contributed by atoms with E-state index in [0.717, 1.165) is 18.4 Å². The highest BCUT2D eigenvalue weighted by Crippen LogP contribution is 2.04. The lowest BCUT2D eigenvalue weighted by molar-refractivity contribution is 0.0964. The molecule has 1 aromatic rings. The first-order valence-corrected chi connectivity index (χ1v) is 6.75. The van der Waals surface area contributed by atoms with E-state index in [9.17, 15) is 9.59 Å². The van der Waals surface area contributed by atoms with Crippen molar-refractivity contribution in [2.75, 3.05) is 13.6 Å². The zero-order valence-corrected chi connectivity index (χ0v) is 14.1. The molecule has 7 heteroatoms. The molecule has 1 aromatic carbocycles. The van der Waals surface area contributed by atoms with Crippen molar-refractivity contribution in [2.45, 2.75) is 26.3 Å². The summed E-state index contributed by atoms with van der Waals surface area (Å²) in [7, 11) is 1.79. The molecule has 0 aromatic heterocycles. The fourth-order valence-corrected chi connectivity index (χ4v) is 1.56. The first-order chi connectivity index (χ1) is 9.67. The standard InChI is InChI=1S/C14H22N4O2.BrH/c1-3-4-9-16-14(20)18-13(19)12-7-5-11(6-8-12)10-17-15-2;/h5-8,15,17H,3-4,9-10H2,1-2H3,(H2,16,18,19,20);1H. The fourth-order valence-electron chi connectivity index (χ4n) is 1.56. The second-order valence-corrected chi connectivity index (χ2v) is 4.36. The number of hydrogen-bond donors (Lipinski definition) is 4. The van der Waals surface area contributed by atoms with Crippen molar-refractivity contribution in [3.8, 4) is 0 Å². The van der Waals surface area contributed by atoms with Crippen LogP contribution in [0.1, 0.15) is 35.7 Å². The zero-order chi connectivity index (χ0) is 14.8. The first-order valence-electron chi connectivity index (χ1n) is 6.75. The molecule has 0 saturated carbocycles. The molecule has 21 heavy (non-hydrogen) atoms. The molecule has 0 unspecified atom stereocenters. The van der Waals surface area contributed by atoms with Crippen molar-refractivity contribution in [1.29, 1.82) is 0 Å². The molecule has 0 aliphatic rings. The minimum Gasteiger partial charge on any atom is -0.338 e. The number of imide groups is 1. The average Bonchev–Trinajstić information content (AvgIpc) is 2.46. The molecule has 4 N–H and O–H groups in total. The minimum absolute atomic E-state index is 0. The van der Waals surface area contributed by atoms with Gasteiger partial charge in [0.15, 0.2) is 0 Å². The molecular formula is C14H23BrN4O2. The molecule has 0 aliphatic carbocycles. The molecule has 0 atom stereocenters. The van der Waals surface area contributed by atoms with Gasteiger partial charge in [0.05, 0.1) is 0 Å². The summed E-state index contributed by atoms with van der Waals surface area (Å²) in [5.41, 5.74) is 7.29. The summed E-state index contributed by atoms with van der Waals surface area (Å²) in [5, 5.41) is 4.94. The van der Waals surface area contributed by atoms with E-state index >= 15 is 0 Å². The molecule has 3 amide bonds. The second kappa shape index (κ2) is 11.2.